The fourth-order valence-electron chi connectivity index (χ4n) is 2.87. The van der Waals surface area contributed by atoms with Crippen LogP contribution in [0.5, 0.6) is 0 Å². The molecule has 0 N–H and O–H groups in total. The monoisotopic (exact) mass is 305 g/mol. The summed E-state index contributed by atoms with van der Waals surface area (Å²) in [4.78, 5) is 2.25. The van der Waals surface area contributed by atoms with Crippen molar-refractivity contribution in [1.29, 1.82) is 0 Å². The Bertz CT molecular complexity index is 710. The van der Waals surface area contributed by atoms with Crippen molar-refractivity contribution in [2.45, 2.75) is 33.7 Å². The minimum absolute atomic E-state index is 0.319. The molecule has 0 amide bonds. The predicted molar refractivity (Wildman–Crippen MR) is 101 cm³/mol. The highest BCUT2D eigenvalue weighted by Crippen LogP contribution is 2.31. The molecule has 2 aromatic rings. The van der Waals surface area contributed by atoms with Crippen LogP contribution in [-0.2, 0) is 0 Å². The summed E-state index contributed by atoms with van der Waals surface area (Å²) in [6.07, 6.45) is 8.59. The predicted octanol–water partition coefficient (Wildman–Crippen LogP) is 6.05. The van der Waals surface area contributed by atoms with Crippen LogP contribution < -0.4 is 0 Å². The molecule has 120 valence electrons. The zero-order chi connectivity index (χ0) is 16.8. The van der Waals surface area contributed by atoms with Crippen LogP contribution in [0.2, 0.25) is 0 Å². The van der Waals surface area contributed by atoms with Crippen molar-refractivity contribution < 1.29 is 0 Å². The third-order valence-corrected chi connectivity index (χ3v) is 4.11. The first kappa shape index (κ1) is 17.1. The van der Waals surface area contributed by atoms with Crippen LogP contribution in [0, 0.1) is 13.8 Å². The molecule has 0 bridgehead atoms. The lowest BCUT2D eigenvalue weighted by atomic mass is 9.93. The van der Waals surface area contributed by atoms with E-state index in [0.717, 1.165) is 0 Å². The molecular weight excluding hydrogens is 278 g/mol. The molecule has 0 aliphatic carbocycles. The fourth-order valence-corrected chi connectivity index (χ4v) is 2.87. The SMILES string of the molecule is CC.Cc1cccc(-c2ccc(C)c(C3C=CC=CN3C)c2)c1. The summed E-state index contributed by atoms with van der Waals surface area (Å²) in [7, 11) is 2.13. The molecular formula is C22H27N. The Morgan fingerprint density at radius 2 is 1.61 bits per heavy atom. The molecule has 1 heteroatoms. The molecule has 3 rings (SSSR count). The molecule has 0 saturated heterocycles. The van der Waals surface area contributed by atoms with E-state index in [-0.39, 0.29) is 0 Å². The second-order valence-electron chi connectivity index (χ2n) is 5.78. The van der Waals surface area contributed by atoms with Crippen LogP contribution in [0.3, 0.4) is 0 Å². The zero-order valence-electron chi connectivity index (χ0n) is 14.9. The van der Waals surface area contributed by atoms with Crippen molar-refractivity contribution in [1.82, 2.24) is 4.90 Å². The number of hydrogen-bond acceptors (Lipinski definition) is 1. The van der Waals surface area contributed by atoms with E-state index >= 15 is 0 Å². The van der Waals surface area contributed by atoms with Crippen molar-refractivity contribution in [3.8, 4) is 11.1 Å². The highest BCUT2D eigenvalue weighted by Gasteiger charge is 2.16. The first-order valence-electron chi connectivity index (χ1n) is 8.40. The van der Waals surface area contributed by atoms with Crippen LogP contribution in [0.25, 0.3) is 11.1 Å². The number of likely N-dealkylation sites (N-methyl/N-ethyl adjacent to an activating group) is 1. The average molecular weight is 305 g/mol. The van der Waals surface area contributed by atoms with E-state index < -0.39 is 0 Å². The minimum atomic E-state index is 0.319. The van der Waals surface area contributed by atoms with Gasteiger partial charge in [0.1, 0.15) is 0 Å². The smallest absolute Gasteiger partial charge is 0.0723 e. The number of rotatable bonds is 2. The zero-order valence-corrected chi connectivity index (χ0v) is 14.9. The van der Waals surface area contributed by atoms with E-state index in [9.17, 15) is 0 Å². The van der Waals surface area contributed by atoms with E-state index in [0.29, 0.717) is 6.04 Å². The van der Waals surface area contributed by atoms with Gasteiger partial charge in [0.15, 0.2) is 0 Å². The van der Waals surface area contributed by atoms with Crippen molar-refractivity contribution in [3.05, 3.63) is 83.6 Å². The van der Waals surface area contributed by atoms with Crippen molar-refractivity contribution in [2.75, 3.05) is 7.05 Å². The summed E-state index contributed by atoms with van der Waals surface area (Å²) in [6, 6.07) is 15.8. The molecule has 0 fully saturated rings. The molecule has 0 spiro atoms. The lowest BCUT2D eigenvalue weighted by Gasteiger charge is -2.28. The third kappa shape index (κ3) is 3.92. The van der Waals surface area contributed by atoms with Crippen LogP contribution in [0.4, 0.5) is 0 Å². The molecule has 1 aliphatic heterocycles. The van der Waals surface area contributed by atoms with Gasteiger partial charge in [-0.15, -0.1) is 0 Å². The first-order valence-corrected chi connectivity index (χ1v) is 8.40. The Labute approximate surface area is 141 Å². The van der Waals surface area contributed by atoms with E-state index in [1.54, 1.807) is 0 Å². The highest BCUT2D eigenvalue weighted by atomic mass is 15.1. The van der Waals surface area contributed by atoms with Crippen LogP contribution >= 0.6 is 0 Å². The largest absolute Gasteiger partial charge is 0.370 e. The van der Waals surface area contributed by atoms with Gasteiger partial charge in [0.2, 0.25) is 0 Å². The van der Waals surface area contributed by atoms with Gasteiger partial charge in [-0.05, 0) is 54.4 Å². The highest BCUT2D eigenvalue weighted by molar-refractivity contribution is 5.66. The van der Waals surface area contributed by atoms with E-state index in [1.807, 2.05) is 13.8 Å². The van der Waals surface area contributed by atoms with E-state index in [2.05, 4.69) is 92.7 Å². The van der Waals surface area contributed by atoms with Crippen molar-refractivity contribution in [3.63, 3.8) is 0 Å². The second-order valence-corrected chi connectivity index (χ2v) is 5.78. The van der Waals surface area contributed by atoms with Gasteiger partial charge < -0.3 is 4.90 Å². The molecule has 23 heavy (non-hydrogen) atoms. The molecule has 1 unspecified atom stereocenters. The summed E-state index contributed by atoms with van der Waals surface area (Å²) in [6.45, 7) is 8.33. The number of aryl methyl sites for hydroxylation is 2. The number of allylic oxidation sites excluding steroid dienone is 2. The van der Waals surface area contributed by atoms with E-state index in [1.165, 1.54) is 27.8 Å². The molecule has 1 nitrogen and oxygen atoms in total. The van der Waals surface area contributed by atoms with Crippen LogP contribution in [0.15, 0.2) is 66.9 Å². The van der Waals surface area contributed by atoms with Crippen molar-refractivity contribution >= 4 is 0 Å². The molecule has 0 saturated carbocycles. The lowest BCUT2D eigenvalue weighted by Crippen LogP contribution is -2.19. The molecule has 0 radical (unpaired) electrons. The summed E-state index contributed by atoms with van der Waals surface area (Å²) in [5, 5.41) is 0. The Balaban J connectivity index is 0.000000924. The average Bonchev–Trinajstić information content (AvgIpc) is 2.58. The Morgan fingerprint density at radius 3 is 2.30 bits per heavy atom. The Morgan fingerprint density at radius 1 is 0.870 bits per heavy atom. The molecule has 2 aromatic carbocycles. The molecule has 1 heterocycles. The van der Waals surface area contributed by atoms with Gasteiger partial charge in [-0.25, -0.2) is 0 Å². The van der Waals surface area contributed by atoms with Gasteiger partial charge >= 0.3 is 0 Å². The lowest BCUT2D eigenvalue weighted by molar-refractivity contribution is 0.388. The fraction of sp³-hybridized carbons (Fsp3) is 0.273. The van der Waals surface area contributed by atoms with Gasteiger partial charge in [0.05, 0.1) is 6.04 Å². The summed E-state index contributed by atoms with van der Waals surface area (Å²) < 4.78 is 0. The standard InChI is InChI=1S/C20H21N.C2H6/c1-15-7-6-8-17(13-15)18-11-10-16(2)19(14-18)20-9-4-5-12-21(20)3;1-2/h4-14,20H,1-3H3;1-2H3. The van der Waals surface area contributed by atoms with Crippen LogP contribution in [-0.4, -0.2) is 11.9 Å². The van der Waals surface area contributed by atoms with Gasteiger partial charge in [-0.3, -0.25) is 0 Å². The van der Waals surface area contributed by atoms with E-state index in [4.69, 9.17) is 0 Å². The maximum absolute atomic E-state index is 2.33. The van der Waals surface area contributed by atoms with Crippen LogP contribution in [0.1, 0.15) is 36.6 Å². The minimum Gasteiger partial charge on any atom is -0.370 e. The topological polar surface area (TPSA) is 3.24 Å². The number of nitrogens with zero attached hydrogens (tertiary/aromatic N) is 1. The third-order valence-electron chi connectivity index (χ3n) is 4.11. The quantitative estimate of drug-likeness (QED) is 0.652. The normalized spacial score (nSPS) is 16.0. The number of hydrogen-bond donors (Lipinski definition) is 0. The molecule has 0 aromatic heterocycles. The van der Waals surface area contributed by atoms with Gasteiger partial charge in [-0.1, -0.05) is 68.0 Å². The Hall–Kier alpha value is -2.28. The maximum atomic E-state index is 2.33. The summed E-state index contributed by atoms with van der Waals surface area (Å²) in [5.74, 6) is 0. The number of benzene rings is 2. The van der Waals surface area contributed by atoms with Gasteiger partial charge in [-0.2, -0.15) is 0 Å². The Kier molecular flexibility index (Phi) is 5.81. The summed E-state index contributed by atoms with van der Waals surface area (Å²) in [5.41, 5.74) is 6.58. The summed E-state index contributed by atoms with van der Waals surface area (Å²) >= 11 is 0. The van der Waals surface area contributed by atoms with Gasteiger partial charge in [0, 0.05) is 7.05 Å². The molecule has 1 atom stereocenters. The maximum Gasteiger partial charge on any atom is 0.0723 e. The first-order chi connectivity index (χ1) is 11.1. The van der Waals surface area contributed by atoms with Gasteiger partial charge in [0.25, 0.3) is 0 Å². The molecule has 1 aliphatic rings. The van der Waals surface area contributed by atoms with Crippen molar-refractivity contribution in [2.24, 2.45) is 0 Å². The second kappa shape index (κ2) is 7.82.